The maximum atomic E-state index is 12.0. The molecule has 0 aromatic heterocycles. The number of amides is 1. The summed E-state index contributed by atoms with van der Waals surface area (Å²) in [5, 5.41) is 6.26. The molecule has 90 valence electrons. The Hall–Kier alpha value is -1.55. The Morgan fingerprint density at radius 1 is 1.41 bits per heavy atom. The first kappa shape index (κ1) is 10.6. The van der Waals surface area contributed by atoms with Gasteiger partial charge in [-0.3, -0.25) is 4.79 Å². The Balaban J connectivity index is 1.62. The summed E-state index contributed by atoms with van der Waals surface area (Å²) in [6, 6.07) is 8.10. The van der Waals surface area contributed by atoms with Crippen molar-refractivity contribution in [2.24, 2.45) is 0 Å². The summed E-state index contributed by atoms with van der Waals surface area (Å²) in [7, 11) is 0. The van der Waals surface area contributed by atoms with Crippen LogP contribution < -0.4 is 15.4 Å². The van der Waals surface area contributed by atoms with Crippen LogP contribution in [-0.4, -0.2) is 31.1 Å². The zero-order valence-electron chi connectivity index (χ0n) is 9.61. The van der Waals surface area contributed by atoms with Crippen LogP contribution in [-0.2, 0) is 11.2 Å². The van der Waals surface area contributed by atoms with E-state index in [9.17, 15) is 4.79 Å². The van der Waals surface area contributed by atoms with E-state index in [0.717, 1.165) is 30.8 Å². The zero-order chi connectivity index (χ0) is 11.7. The van der Waals surface area contributed by atoms with Crippen LogP contribution in [0.5, 0.6) is 5.75 Å². The molecule has 0 saturated carbocycles. The number of benzene rings is 1. The number of fused-ring (bicyclic) bond motifs is 1. The van der Waals surface area contributed by atoms with Gasteiger partial charge in [0.15, 0.2) is 6.10 Å². The quantitative estimate of drug-likeness (QED) is 0.779. The average Bonchev–Trinajstić information content (AvgIpc) is 2.96. The number of nitrogens with one attached hydrogen (secondary N) is 2. The summed E-state index contributed by atoms with van der Waals surface area (Å²) >= 11 is 0. The molecule has 0 aliphatic carbocycles. The van der Waals surface area contributed by atoms with Gasteiger partial charge in [-0.15, -0.1) is 0 Å². The van der Waals surface area contributed by atoms with Crippen LogP contribution in [0.3, 0.4) is 0 Å². The van der Waals surface area contributed by atoms with Crippen LogP contribution in [0.25, 0.3) is 0 Å². The molecule has 4 nitrogen and oxygen atoms in total. The molecular weight excluding hydrogens is 216 g/mol. The lowest BCUT2D eigenvalue weighted by atomic mass is 10.1. The smallest absolute Gasteiger partial charge is 0.261 e. The lowest BCUT2D eigenvalue weighted by Gasteiger charge is -2.15. The van der Waals surface area contributed by atoms with Crippen molar-refractivity contribution >= 4 is 5.91 Å². The predicted molar refractivity (Wildman–Crippen MR) is 64.0 cm³/mol. The standard InChI is InChI=1S/C13H16N2O2/c16-13(15-10-5-6-14-8-10)12-7-9-3-1-2-4-11(9)17-12/h1-4,10,12,14H,5-8H2,(H,15,16)/t10-,12?/m1/s1. The maximum Gasteiger partial charge on any atom is 0.261 e. The summed E-state index contributed by atoms with van der Waals surface area (Å²) in [5.41, 5.74) is 1.12. The third-order valence-corrected chi connectivity index (χ3v) is 3.35. The first-order valence-electron chi connectivity index (χ1n) is 6.08. The molecule has 3 rings (SSSR count). The fourth-order valence-electron chi connectivity index (χ4n) is 2.40. The van der Waals surface area contributed by atoms with Crippen molar-refractivity contribution in [2.75, 3.05) is 13.1 Å². The molecule has 1 saturated heterocycles. The molecule has 1 aromatic carbocycles. The molecule has 2 heterocycles. The molecule has 2 aliphatic rings. The number of hydrogen-bond donors (Lipinski definition) is 2. The first-order valence-corrected chi connectivity index (χ1v) is 6.08. The Morgan fingerprint density at radius 2 is 2.29 bits per heavy atom. The third kappa shape index (κ3) is 2.13. The molecule has 2 aliphatic heterocycles. The van der Waals surface area contributed by atoms with E-state index in [1.165, 1.54) is 0 Å². The number of para-hydroxylation sites is 1. The summed E-state index contributed by atoms with van der Waals surface area (Å²) in [4.78, 5) is 12.0. The van der Waals surface area contributed by atoms with Crippen LogP contribution >= 0.6 is 0 Å². The van der Waals surface area contributed by atoms with Gasteiger partial charge < -0.3 is 15.4 Å². The average molecular weight is 232 g/mol. The minimum atomic E-state index is -0.354. The van der Waals surface area contributed by atoms with Gasteiger partial charge in [0.1, 0.15) is 5.75 Å². The van der Waals surface area contributed by atoms with Crippen LogP contribution in [0.2, 0.25) is 0 Å². The topological polar surface area (TPSA) is 50.4 Å². The lowest BCUT2D eigenvalue weighted by Crippen LogP contribution is -2.44. The van der Waals surface area contributed by atoms with Crippen molar-refractivity contribution < 1.29 is 9.53 Å². The Labute approximate surface area is 100 Å². The number of carbonyl (C=O) groups is 1. The molecule has 1 amide bonds. The Kier molecular flexibility index (Phi) is 2.73. The van der Waals surface area contributed by atoms with Crippen LogP contribution in [0.4, 0.5) is 0 Å². The van der Waals surface area contributed by atoms with Crippen LogP contribution in [0.1, 0.15) is 12.0 Å². The van der Waals surface area contributed by atoms with Crippen molar-refractivity contribution in [3.05, 3.63) is 29.8 Å². The van der Waals surface area contributed by atoms with E-state index in [0.29, 0.717) is 6.42 Å². The predicted octanol–water partition coefficient (Wildman–Crippen LogP) is 0.468. The van der Waals surface area contributed by atoms with Crippen molar-refractivity contribution in [1.29, 1.82) is 0 Å². The molecule has 0 bridgehead atoms. The van der Waals surface area contributed by atoms with E-state index in [4.69, 9.17) is 4.74 Å². The fourth-order valence-corrected chi connectivity index (χ4v) is 2.40. The molecule has 17 heavy (non-hydrogen) atoms. The van der Waals surface area contributed by atoms with Gasteiger partial charge in [0.2, 0.25) is 0 Å². The highest BCUT2D eigenvalue weighted by Gasteiger charge is 2.30. The molecule has 1 fully saturated rings. The number of hydrogen-bond acceptors (Lipinski definition) is 3. The van der Waals surface area contributed by atoms with Gasteiger partial charge in [0.05, 0.1) is 0 Å². The molecule has 4 heteroatoms. The highest BCUT2D eigenvalue weighted by Crippen LogP contribution is 2.28. The second-order valence-corrected chi connectivity index (χ2v) is 4.62. The number of ether oxygens (including phenoxy) is 1. The molecule has 0 spiro atoms. The molecule has 0 radical (unpaired) electrons. The molecule has 2 N–H and O–H groups in total. The van der Waals surface area contributed by atoms with Crippen LogP contribution in [0.15, 0.2) is 24.3 Å². The molecule has 2 atom stereocenters. The van der Waals surface area contributed by atoms with Gasteiger partial charge in [0, 0.05) is 19.0 Å². The van der Waals surface area contributed by atoms with Gasteiger partial charge in [-0.1, -0.05) is 18.2 Å². The van der Waals surface area contributed by atoms with Crippen molar-refractivity contribution in [3.63, 3.8) is 0 Å². The molecular formula is C13H16N2O2. The number of carbonyl (C=O) groups excluding carboxylic acids is 1. The number of rotatable bonds is 2. The minimum absolute atomic E-state index is 0.00917. The highest BCUT2D eigenvalue weighted by atomic mass is 16.5. The van der Waals surface area contributed by atoms with Gasteiger partial charge in [-0.05, 0) is 24.6 Å². The van der Waals surface area contributed by atoms with E-state index in [-0.39, 0.29) is 18.1 Å². The van der Waals surface area contributed by atoms with E-state index in [1.807, 2.05) is 24.3 Å². The monoisotopic (exact) mass is 232 g/mol. The Morgan fingerprint density at radius 3 is 3.06 bits per heavy atom. The van der Waals surface area contributed by atoms with Gasteiger partial charge in [-0.25, -0.2) is 0 Å². The fraction of sp³-hybridized carbons (Fsp3) is 0.462. The van der Waals surface area contributed by atoms with E-state index >= 15 is 0 Å². The third-order valence-electron chi connectivity index (χ3n) is 3.35. The minimum Gasteiger partial charge on any atom is -0.480 e. The largest absolute Gasteiger partial charge is 0.480 e. The van der Waals surface area contributed by atoms with E-state index < -0.39 is 0 Å². The highest BCUT2D eigenvalue weighted by molar-refractivity contribution is 5.82. The normalized spacial score (nSPS) is 26.4. The SMILES string of the molecule is O=C(N[C@@H]1CCNC1)C1Cc2ccccc2O1. The van der Waals surface area contributed by atoms with Crippen LogP contribution in [0, 0.1) is 0 Å². The van der Waals surface area contributed by atoms with E-state index in [2.05, 4.69) is 10.6 Å². The summed E-state index contributed by atoms with van der Waals surface area (Å²) < 4.78 is 5.65. The molecule has 1 unspecified atom stereocenters. The second-order valence-electron chi connectivity index (χ2n) is 4.62. The molecule has 1 aromatic rings. The van der Waals surface area contributed by atoms with E-state index in [1.54, 1.807) is 0 Å². The summed E-state index contributed by atoms with van der Waals surface area (Å²) in [5.74, 6) is 0.854. The summed E-state index contributed by atoms with van der Waals surface area (Å²) in [6.45, 7) is 1.85. The summed E-state index contributed by atoms with van der Waals surface area (Å²) in [6.07, 6.45) is 1.33. The lowest BCUT2D eigenvalue weighted by molar-refractivity contribution is -0.127. The Bertz CT molecular complexity index is 402. The van der Waals surface area contributed by atoms with Crippen molar-refractivity contribution in [2.45, 2.75) is 25.0 Å². The van der Waals surface area contributed by atoms with Crippen molar-refractivity contribution in [3.8, 4) is 5.75 Å². The van der Waals surface area contributed by atoms with Gasteiger partial charge >= 0.3 is 0 Å². The zero-order valence-corrected chi connectivity index (χ0v) is 9.61. The maximum absolute atomic E-state index is 12.0. The second kappa shape index (κ2) is 4.37. The first-order chi connectivity index (χ1) is 8.33. The van der Waals surface area contributed by atoms with Gasteiger partial charge in [-0.2, -0.15) is 0 Å². The van der Waals surface area contributed by atoms with Crippen molar-refractivity contribution in [1.82, 2.24) is 10.6 Å². The van der Waals surface area contributed by atoms with Gasteiger partial charge in [0.25, 0.3) is 5.91 Å².